The summed E-state index contributed by atoms with van der Waals surface area (Å²) in [6.45, 7) is 6.33. The Morgan fingerprint density at radius 3 is 2.33 bits per heavy atom. The molecule has 4 nitrogen and oxygen atoms in total. The highest BCUT2D eigenvalue weighted by molar-refractivity contribution is 7.93. The van der Waals surface area contributed by atoms with Crippen LogP contribution in [0.5, 0.6) is 0 Å². The fourth-order valence-electron chi connectivity index (χ4n) is 6.21. The van der Waals surface area contributed by atoms with Gasteiger partial charge in [-0.05, 0) is 69.2 Å². The van der Waals surface area contributed by atoms with Gasteiger partial charge < -0.3 is 0 Å². The normalized spacial score (nSPS) is 29.1. The van der Waals surface area contributed by atoms with Crippen molar-refractivity contribution in [2.45, 2.75) is 62.8 Å². The summed E-state index contributed by atoms with van der Waals surface area (Å²) in [6, 6.07) is 15.8. The van der Waals surface area contributed by atoms with E-state index in [0.717, 1.165) is 24.0 Å². The molecule has 5 rings (SSSR count). The molecular formula is C28H31NO3S. The number of Topliss-reactive ketones (excluding diaryl/α,β-unsaturated/α-hetero) is 1. The van der Waals surface area contributed by atoms with Gasteiger partial charge in [-0.2, -0.15) is 0 Å². The minimum atomic E-state index is -3.83. The minimum absolute atomic E-state index is 0.101. The maximum atomic E-state index is 14.5. The van der Waals surface area contributed by atoms with Crippen LogP contribution < -0.4 is 4.31 Å². The zero-order chi connectivity index (χ0) is 23.4. The highest BCUT2D eigenvalue weighted by atomic mass is 32.2. The lowest BCUT2D eigenvalue weighted by Crippen LogP contribution is -2.55. The molecule has 0 fully saturated rings. The van der Waals surface area contributed by atoms with Crippen molar-refractivity contribution in [3.05, 3.63) is 83.5 Å². The topological polar surface area (TPSA) is 54.5 Å². The monoisotopic (exact) mass is 461 g/mol. The van der Waals surface area contributed by atoms with Crippen LogP contribution in [0.25, 0.3) is 0 Å². The smallest absolute Gasteiger partial charge is 0.264 e. The fraction of sp³-hybridized carbons (Fsp3) is 0.393. The molecule has 0 radical (unpaired) electrons. The number of ketones is 1. The molecule has 1 aliphatic heterocycles. The van der Waals surface area contributed by atoms with E-state index in [2.05, 4.69) is 26.0 Å². The molecule has 0 bridgehead atoms. The largest absolute Gasteiger partial charge is 0.298 e. The van der Waals surface area contributed by atoms with Crippen LogP contribution in [0, 0.1) is 11.8 Å². The van der Waals surface area contributed by atoms with Crippen molar-refractivity contribution >= 4 is 21.5 Å². The molecule has 0 N–H and O–H groups in total. The Hall–Kier alpha value is -2.66. The first-order chi connectivity index (χ1) is 15.8. The molecule has 0 saturated carbocycles. The standard InChI is InChI=1S/C28H31NO3S/c1-19-13-14-23(21(3)17-19)27(30)28-16-15-20(2)18-26(28)29(25-12-8-7-11-24(25)28)33(31,32)22-9-5-4-6-10-22/h4-13,15,21,23,26H,14,16-18H2,1-3H3/t21-,23-,26-,28+/m0/s1. The van der Waals surface area contributed by atoms with Gasteiger partial charge in [0.1, 0.15) is 5.78 Å². The molecule has 1 heterocycles. The summed E-state index contributed by atoms with van der Waals surface area (Å²) in [4.78, 5) is 14.7. The lowest BCUT2D eigenvalue weighted by atomic mass is 9.61. The summed E-state index contributed by atoms with van der Waals surface area (Å²) >= 11 is 0. The van der Waals surface area contributed by atoms with Crippen molar-refractivity contribution in [3.63, 3.8) is 0 Å². The Morgan fingerprint density at radius 1 is 0.939 bits per heavy atom. The zero-order valence-electron chi connectivity index (χ0n) is 19.5. The van der Waals surface area contributed by atoms with E-state index in [0.29, 0.717) is 18.5 Å². The second-order valence-electron chi connectivity index (χ2n) is 10.0. The molecule has 3 aliphatic rings. The van der Waals surface area contributed by atoms with Gasteiger partial charge in [0, 0.05) is 5.92 Å². The van der Waals surface area contributed by atoms with E-state index in [1.807, 2.05) is 37.3 Å². The first-order valence-electron chi connectivity index (χ1n) is 11.8. The third kappa shape index (κ3) is 3.31. The van der Waals surface area contributed by atoms with Crippen LogP contribution in [-0.2, 0) is 20.2 Å². The number of rotatable bonds is 4. The zero-order valence-corrected chi connectivity index (χ0v) is 20.3. The number of sulfonamides is 1. The minimum Gasteiger partial charge on any atom is -0.298 e. The summed E-state index contributed by atoms with van der Waals surface area (Å²) in [5.74, 6) is 0.345. The van der Waals surface area contributed by atoms with Crippen LogP contribution in [0.1, 0.15) is 52.0 Å². The van der Waals surface area contributed by atoms with E-state index in [4.69, 9.17) is 0 Å². The van der Waals surface area contributed by atoms with E-state index < -0.39 is 21.5 Å². The van der Waals surface area contributed by atoms with E-state index in [1.165, 1.54) is 5.57 Å². The molecule has 4 atom stereocenters. The Kier molecular flexibility index (Phi) is 5.36. The molecule has 2 aromatic rings. The average molecular weight is 462 g/mol. The van der Waals surface area contributed by atoms with Gasteiger partial charge in [0.05, 0.1) is 22.0 Å². The molecule has 33 heavy (non-hydrogen) atoms. The number of nitrogens with zero attached hydrogens (tertiary/aromatic N) is 1. The van der Waals surface area contributed by atoms with Crippen LogP contribution >= 0.6 is 0 Å². The van der Waals surface area contributed by atoms with Crippen molar-refractivity contribution in [2.24, 2.45) is 11.8 Å². The lowest BCUT2D eigenvalue weighted by Gasteiger charge is -2.43. The highest BCUT2D eigenvalue weighted by Gasteiger charge is 2.60. The molecule has 5 heteroatoms. The van der Waals surface area contributed by atoms with Crippen molar-refractivity contribution in [3.8, 4) is 0 Å². The Bertz CT molecular complexity index is 1260. The van der Waals surface area contributed by atoms with Crippen LogP contribution in [-0.4, -0.2) is 20.2 Å². The Labute approximate surface area is 197 Å². The van der Waals surface area contributed by atoms with Crippen LogP contribution in [0.3, 0.4) is 0 Å². The van der Waals surface area contributed by atoms with Gasteiger partial charge in [-0.25, -0.2) is 8.42 Å². The molecule has 0 spiro atoms. The number of hydrogen-bond donors (Lipinski definition) is 0. The molecule has 0 saturated heterocycles. The summed E-state index contributed by atoms with van der Waals surface area (Å²) < 4.78 is 29.6. The number of fused-ring (bicyclic) bond motifs is 3. The number of allylic oxidation sites excluding steroid dienone is 3. The lowest BCUT2D eigenvalue weighted by molar-refractivity contribution is -0.130. The quantitative estimate of drug-likeness (QED) is 0.541. The highest BCUT2D eigenvalue weighted by Crippen LogP contribution is 2.56. The van der Waals surface area contributed by atoms with Crippen molar-refractivity contribution < 1.29 is 13.2 Å². The van der Waals surface area contributed by atoms with E-state index in [-0.39, 0.29) is 22.5 Å². The Balaban J connectivity index is 1.70. The maximum Gasteiger partial charge on any atom is 0.264 e. The number of para-hydroxylation sites is 1. The van der Waals surface area contributed by atoms with Gasteiger partial charge in [-0.3, -0.25) is 9.10 Å². The molecule has 0 amide bonds. The summed E-state index contributed by atoms with van der Waals surface area (Å²) in [5, 5.41) is 0. The molecular weight excluding hydrogens is 430 g/mol. The number of anilines is 1. The summed E-state index contributed by atoms with van der Waals surface area (Å²) in [5.41, 5.74) is 3.13. The predicted molar refractivity (Wildman–Crippen MR) is 132 cm³/mol. The fourth-order valence-corrected chi connectivity index (χ4v) is 7.94. The van der Waals surface area contributed by atoms with Gasteiger partial charge in [-0.1, -0.05) is 66.6 Å². The third-order valence-corrected chi connectivity index (χ3v) is 9.73. The third-order valence-electron chi connectivity index (χ3n) is 7.89. The molecule has 172 valence electrons. The Morgan fingerprint density at radius 2 is 1.61 bits per heavy atom. The van der Waals surface area contributed by atoms with Crippen molar-refractivity contribution in [2.75, 3.05) is 4.31 Å². The van der Waals surface area contributed by atoms with Crippen molar-refractivity contribution in [1.82, 2.24) is 0 Å². The van der Waals surface area contributed by atoms with Gasteiger partial charge in [0.2, 0.25) is 0 Å². The summed E-state index contributed by atoms with van der Waals surface area (Å²) in [7, 11) is -3.83. The molecule has 2 aromatic carbocycles. The van der Waals surface area contributed by atoms with Crippen LogP contribution in [0.2, 0.25) is 0 Å². The van der Waals surface area contributed by atoms with E-state index in [1.54, 1.807) is 28.6 Å². The molecule has 0 aromatic heterocycles. The van der Waals surface area contributed by atoms with Gasteiger partial charge >= 0.3 is 0 Å². The number of carbonyl (C=O) groups is 1. The molecule has 0 unspecified atom stereocenters. The first kappa shape index (κ1) is 22.1. The van der Waals surface area contributed by atoms with Crippen molar-refractivity contribution in [1.29, 1.82) is 0 Å². The SMILES string of the molecule is CC1=CC[C@@]2(C(=O)[C@H]3CC=C(C)C[C@@H]3C)c3ccccc3N(S(=O)(=O)c3ccccc3)[C@H]2C1. The average Bonchev–Trinajstić information content (AvgIpc) is 3.10. The number of hydrogen-bond acceptors (Lipinski definition) is 3. The second-order valence-corrected chi connectivity index (χ2v) is 11.8. The van der Waals surface area contributed by atoms with Gasteiger partial charge in [0.15, 0.2) is 0 Å². The van der Waals surface area contributed by atoms with Crippen LogP contribution in [0.15, 0.2) is 82.8 Å². The van der Waals surface area contributed by atoms with Crippen LogP contribution in [0.4, 0.5) is 5.69 Å². The molecule has 2 aliphatic carbocycles. The number of carbonyl (C=O) groups excluding carboxylic acids is 1. The summed E-state index contributed by atoms with van der Waals surface area (Å²) in [6.07, 6.45) is 7.10. The first-order valence-corrected chi connectivity index (χ1v) is 13.3. The predicted octanol–water partition coefficient (Wildman–Crippen LogP) is 5.80. The number of benzene rings is 2. The maximum absolute atomic E-state index is 14.5. The second kappa shape index (κ2) is 7.98. The van der Waals surface area contributed by atoms with Gasteiger partial charge in [-0.15, -0.1) is 0 Å². The van der Waals surface area contributed by atoms with E-state index >= 15 is 0 Å². The van der Waals surface area contributed by atoms with E-state index in [9.17, 15) is 13.2 Å². The van der Waals surface area contributed by atoms with Gasteiger partial charge in [0.25, 0.3) is 10.0 Å².